The molecule has 0 spiro atoms. The molecule has 0 bridgehead atoms. The molecule has 0 aliphatic carbocycles. The summed E-state index contributed by atoms with van der Waals surface area (Å²) in [5.41, 5.74) is 0. The SMILES string of the molecule is CCCCCCCCCCCC(CC(O)CCC)S(=O)(=O)[O-].[Na+]. The van der Waals surface area contributed by atoms with Crippen molar-refractivity contribution in [3.63, 3.8) is 0 Å². The van der Waals surface area contributed by atoms with Gasteiger partial charge in [-0.05, 0) is 19.3 Å². The molecule has 0 saturated heterocycles. The summed E-state index contributed by atoms with van der Waals surface area (Å²) in [5.74, 6) is 0. The van der Waals surface area contributed by atoms with Gasteiger partial charge in [-0.2, -0.15) is 0 Å². The van der Waals surface area contributed by atoms with Crippen LogP contribution in [-0.2, 0) is 10.1 Å². The van der Waals surface area contributed by atoms with Crippen LogP contribution < -0.4 is 29.6 Å². The molecule has 1 N–H and O–H groups in total. The first-order valence-corrected chi connectivity index (χ1v) is 10.5. The Morgan fingerprint density at radius 3 is 1.74 bits per heavy atom. The molecule has 0 aromatic heterocycles. The van der Waals surface area contributed by atoms with Gasteiger partial charge < -0.3 is 9.66 Å². The molecule has 0 heterocycles. The topological polar surface area (TPSA) is 77.4 Å². The predicted octanol–water partition coefficient (Wildman–Crippen LogP) is 1.38. The van der Waals surface area contributed by atoms with Gasteiger partial charge in [-0.25, -0.2) is 8.42 Å². The Labute approximate surface area is 165 Å². The van der Waals surface area contributed by atoms with E-state index in [0.717, 1.165) is 25.7 Å². The van der Waals surface area contributed by atoms with E-state index in [-0.39, 0.29) is 36.0 Å². The van der Waals surface area contributed by atoms with Crippen LogP contribution in [0.25, 0.3) is 0 Å². The smallest absolute Gasteiger partial charge is 0.748 e. The molecule has 0 aliphatic rings. The minimum Gasteiger partial charge on any atom is -0.748 e. The van der Waals surface area contributed by atoms with Crippen LogP contribution in [0.3, 0.4) is 0 Å². The second kappa shape index (κ2) is 16.3. The largest absolute Gasteiger partial charge is 1.00 e. The summed E-state index contributed by atoms with van der Waals surface area (Å²) in [6.07, 6.45) is 11.6. The fourth-order valence-electron chi connectivity index (χ4n) is 2.82. The first-order chi connectivity index (χ1) is 10.4. The monoisotopic (exact) mass is 358 g/mol. The molecule has 0 radical (unpaired) electrons. The van der Waals surface area contributed by atoms with E-state index >= 15 is 0 Å². The predicted molar refractivity (Wildman–Crippen MR) is 90.9 cm³/mol. The molecule has 6 heteroatoms. The normalized spacial score (nSPS) is 14.3. The molecule has 0 aliphatic heterocycles. The molecule has 0 aromatic rings. The van der Waals surface area contributed by atoms with E-state index in [9.17, 15) is 18.1 Å². The maximum Gasteiger partial charge on any atom is 1.00 e. The second-order valence-corrected chi connectivity index (χ2v) is 8.06. The average molecular weight is 359 g/mol. The van der Waals surface area contributed by atoms with Crippen LogP contribution in [0.1, 0.15) is 97.3 Å². The van der Waals surface area contributed by atoms with Crippen molar-refractivity contribution in [1.29, 1.82) is 0 Å². The van der Waals surface area contributed by atoms with Gasteiger partial charge in [-0.3, -0.25) is 0 Å². The summed E-state index contributed by atoms with van der Waals surface area (Å²) < 4.78 is 33.8. The van der Waals surface area contributed by atoms with E-state index < -0.39 is 21.5 Å². The zero-order valence-corrected chi connectivity index (χ0v) is 18.2. The molecule has 2 unspecified atom stereocenters. The molecular weight excluding hydrogens is 323 g/mol. The van der Waals surface area contributed by atoms with Crippen LogP contribution in [0.2, 0.25) is 0 Å². The van der Waals surface area contributed by atoms with Gasteiger partial charge in [0.05, 0.1) is 21.5 Å². The van der Waals surface area contributed by atoms with Crippen molar-refractivity contribution >= 4 is 10.1 Å². The maximum atomic E-state index is 11.3. The van der Waals surface area contributed by atoms with E-state index in [4.69, 9.17) is 0 Å². The van der Waals surface area contributed by atoms with Gasteiger partial charge in [0.25, 0.3) is 0 Å². The van der Waals surface area contributed by atoms with E-state index in [1.54, 1.807) is 0 Å². The Bertz CT molecular complexity index is 347. The zero-order valence-electron chi connectivity index (χ0n) is 15.4. The molecule has 134 valence electrons. The standard InChI is InChI=1S/C17H36O4S.Na/c1-3-5-6-7-8-9-10-11-12-14-17(22(19,20)21)15-16(18)13-4-2;/h16-18H,3-15H2,1-2H3,(H,19,20,21);/q;+1/p-1. The summed E-state index contributed by atoms with van der Waals surface area (Å²) >= 11 is 0. The molecular formula is C17H35NaO4S. The van der Waals surface area contributed by atoms with Crippen LogP contribution in [0.4, 0.5) is 0 Å². The molecule has 4 nitrogen and oxygen atoms in total. The Balaban J connectivity index is 0. The zero-order chi connectivity index (χ0) is 16.8. The third kappa shape index (κ3) is 16.1. The summed E-state index contributed by atoms with van der Waals surface area (Å²) in [6, 6.07) is 0. The fourth-order valence-corrected chi connectivity index (χ4v) is 3.73. The molecule has 0 rings (SSSR count). The van der Waals surface area contributed by atoms with Crippen molar-refractivity contribution in [2.24, 2.45) is 0 Å². The minimum absolute atomic E-state index is 0. The molecule has 23 heavy (non-hydrogen) atoms. The number of aliphatic hydroxyl groups excluding tert-OH is 1. The van der Waals surface area contributed by atoms with E-state index in [2.05, 4.69) is 6.92 Å². The van der Waals surface area contributed by atoms with Gasteiger partial charge in [0.2, 0.25) is 0 Å². The van der Waals surface area contributed by atoms with Gasteiger partial charge in [0.1, 0.15) is 0 Å². The number of rotatable bonds is 15. The van der Waals surface area contributed by atoms with Crippen molar-refractivity contribution in [2.45, 2.75) is 109 Å². The average Bonchev–Trinajstić information content (AvgIpc) is 2.43. The molecule has 0 amide bonds. The number of aliphatic hydroxyl groups is 1. The minimum atomic E-state index is -4.30. The van der Waals surface area contributed by atoms with Crippen molar-refractivity contribution in [2.75, 3.05) is 0 Å². The fraction of sp³-hybridized carbons (Fsp3) is 1.00. The van der Waals surface area contributed by atoms with Gasteiger partial charge in [-0.1, -0.05) is 78.1 Å². The Kier molecular flexibility index (Phi) is 18.5. The quantitative estimate of drug-likeness (QED) is 0.272. The summed E-state index contributed by atoms with van der Waals surface area (Å²) in [4.78, 5) is 0. The van der Waals surface area contributed by atoms with E-state index in [0.29, 0.717) is 12.8 Å². The van der Waals surface area contributed by atoms with Gasteiger partial charge in [0, 0.05) is 0 Å². The van der Waals surface area contributed by atoms with Crippen LogP contribution in [0.5, 0.6) is 0 Å². The van der Waals surface area contributed by atoms with Crippen LogP contribution >= 0.6 is 0 Å². The van der Waals surface area contributed by atoms with E-state index in [1.165, 1.54) is 38.5 Å². The third-order valence-corrected chi connectivity index (χ3v) is 5.44. The summed E-state index contributed by atoms with van der Waals surface area (Å²) in [6.45, 7) is 4.14. The van der Waals surface area contributed by atoms with Crippen molar-refractivity contribution in [3.8, 4) is 0 Å². The van der Waals surface area contributed by atoms with E-state index in [1.807, 2.05) is 6.92 Å². The Hall–Kier alpha value is 0.870. The number of hydrogen-bond acceptors (Lipinski definition) is 4. The third-order valence-electron chi connectivity index (χ3n) is 4.19. The van der Waals surface area contributed by atoms with Gasteiger partial charge in [0.15, 0.2) is 0 Å². The molecule has 0 aromatic carbocycles. The first kappa shape index (κ1) is 26.1. The van der Waals surface area contributed by atoms with Crippen molar-refractivity contribution < 1.29 is 47.6 Å². The molecule has 0 fully saturated rings. The molecule has 2 atom stereocenters. The van der Waals surface area contributed by atoms with Gasteiger partial charge in [-0.15, -0.1) is 0 Å². The maximum absolute atomic E-state index is 11.3. The Morgan fingerprint density at radius 1 is 0.826 bits per heavy atom. The van der Waals surface area contributed by atoms with Crippen LogP contribution in [-0.4, -0.2) is 29.4 Å². The number of hydrogen-bond donors (Lipinski definition) is 1. The first-order valence-electron chi connectivity index (χ1n) is 9.04. The number of unbranched alkanes of at least 4 members (excludes halogenated alkanes) is 8. The summed E-state index contributed by atoms with van der Waals surface area (Å²) in [5, 5.41) is 8.81. The van der Waals surface area contributed by atoms with Gasteiger partial charge >= 0.3 is 29.6 Å². The van der Waals surface area contributed by atoms with Crippen LogP contribution in [0, 0.1) is 0 Å². The van der Waals surface area contributed by atoms with Crippen molar-refractivity contribution in [3.05, 3.63) is 0 Å². The Morgan fingerprint density at radius 2 is 1.30 bits per heavy atom. The molecule has 0 saturated carbocycles. The summed E-state index contributed by atoms with van der Waals surface area (Å²) in [7, 11) is -4.30. The van der Waals surface area contributed by atoms with Crippen molar-refractivity contribution in [1.82, 2.24) is 0 Å². The second-order valence-electron chi connectivity index (χ2n) is 6.41. The van der Waals surface area contributed by atoms with Crippen LogP contribution in [0.15, 0.2) is 0 Å².